The van der Waals surface area contributed by atoms with Gasteiger partial charge in [-0.3, -0.25) is 9.98 Å². The number of benzene rings is 2. The molecule has 0 saturated heterocycles. The minimum absolute atomic E-state index is 0. The maximum atomic E-state index is 6.42. The predicted octanol–water partition coefficient (Wildman–Crippen LogP) is -1.74. The maximum absolute atomic E-state index is 6.42. The average Bonchev–Trinajstić information content (AvgIpc) is 2.67. The molecule has 3 rings (SSSR count). The number of hydrogen-bond acceptors (Lipinski definition) is 3. The van der Waals surface area contributed by atoms with Crippen molar-refractivity contribution in [2.75, 3.05) is 0 Å². The molecule has 0 atom stereocenters. The molecule has 0 aliphatic heterocycles. The number of aromatic nitrogens is 1. The molecule has 1 aromatic heterocycles. The van der Waals surface area contributed by atoms with E-state index < -0.39 is 0 Å². The van der Waals surface area contributed by atoms with E-state index in [9.17, 15) is 0 Å². The SMILES string of the molecule is CC(=Nc1c(C)cccc1C)c1cc(Cl)cc(C(C)=Nc2c(C)cccc2C)n1.[Cl-].[Cl-].[Cl-].[Co+3]. The van der Waals surface area contributed by atoms with Crippen LogP contribution in [0.2, 0.25) is 5.02 Å². The first-order valence-electron chi connectivity index (χ1n) is 9.67. The number of nitrogens with zero attached hydrogens (tertiary/aromatic N) is 3. The molecular formula is C25H26Cl4CoN3. The Morgan fingerprint density at radius 1 is 0.667 bits per heavy atom. The summed E-state index contributed by atoms with van der Waals surface area (Å²) in [6, 6.07) is 16.1. The van der Waals surface area contributed by atoms with Crippen LogP contribution in [0.4, 0.5) is 11.4 Å². The maximum Gasteiger partial charge on any atom is 3.00 e. The summed E-state index contributed by atoms with van der Waals surface area (Å²) in [5.41, 5.74) is 9.68. The number of aryl methyl sites for hydroxylation is 4. The van der Waals surface area contributed by atoms with Crippen molar-refractivity contribution in [3.05, 3.63) is 87.2 Å². The van der Waals surface area contributed by atoms with Crippen molar-refractivity contribution in [1.29, 1.82) is 0 Å². The first-order chi connectivity index (χ1) is 13.8. The van der Waals surface area contributed by atoms with E-state index in [1.165, 1.54) is 0 Å². The van der Waals surface area contributed by atoms with Gasteiger partial charge in [-0.1, -0.05) is 48.0 Å². The van der Waals surface area contributed by atoms with Crippen LogP contribution in [0.15, 0.2) is 58.5 Å². The van der Waals surface area contributed by atoms with Gasteiger partial charge in [-0.05, 0) is 75.9 Å². The van der Waals surface area contributed by atoms with Crippen molar-refractivity contribution in [2.45, 2.75) is 41.5 Å². The van der Waals surface area contributed by atoms with E-state index in [2.05, 4.69) is 52.0 Å². The standard InChI is InChI=1S/C25H26ClN3.3ClH.Co/c1-15-9-7-10-16(2)24(15)27-19(5)22-13-21(26)14-23(29-22)20(6)28-25-17(3)11-8-12-18(25)4;;;;/h7-14H,1-6H3;3*1H;/q;;;;+3/p-3. The Balaban J connectivity index is 0. The van der Waals surface area contributed by atoms with Crippen LogP contribution >= 0.6 is 11.6 Å². The average molecular weight is 569 g/mol. The van der Waals surface area contributed by atoms with Crippen LogP contribution in [0.25, 0.3) is 0 Å². The fourth-order valence-corrected chi connectivity index (χ4v) is 3.49. The number of pyridine rings is 1. The molecular weight excluding hydrogens is 543 g/mol. The third-order valence-electron chi connectivity index (χ3n) is 4.97. The summed E-state index contributed by atoms with van der Waals surface area (Å²) in [6.45, 7) is 12.2. The van der Waals surface area contributed by atoms with Crippen LogP contribution in [0, 0.1) is 27.7 Å². The Labute approximate surface area is 231 Å². The zero-order valence-corrected chi connectivity index (χ0v) is 23.4. The molecule has 178 valence electrons. The van der Waals surface area contributed by atoms with E-state index in [0.717, 1.165) is 56.4 Å². The second-order valence-corrected chi connectivity index (χ2v) is 7.87. The van der Waals surface area contributed by atoms with Gasteiger partial charge in [-0.15, -0.1) is 0 Å². The normalized spacial score (nSPS) is 10.9. The van der Waals surface area contributed by atoms with E-state index in [4.69, 9.17) is 26.6 Å². The van der Waals surface area contributed by atoms with Gasteiger partial charge >= 0.3 is 16.8 Å². The van der Waals surface area contributed by atoms with Gasteiger partial charge in [0, 0.05) is 5.02 Å². The Morgan fingerprint density at radius 3 is 1.27 bits per heavy atom. The molecule has 0 amide bonds. The molecule has 0 bridgehead atoms. The van der Waals surface area contributed by atoms with Crippen molar-refractivity contribution < 1.29 is 54.0 Å². The van der Waals surface area contributed by atoms with Crippen LogP contribution in [-0.2, 0) is 16.8 Å². The minimum Gasteiger partial charge on any atom is -1.00 e. The summed E-state index contributed by atoms with van der Waals surface area (Å²) in [4.78, 5) is 14.5. The number of hydrogen-bond donors (Lipinski definition) is 0. The molecule has 1 heterocycles. The zero-order chi connectivity index (χ0) is 21.1. The number of rotatable bonds is 4. The minimum atomic E-state index is 0. The fraction of sp³-hybridized carbons (Fsp3) is 0.240. The molecule has 0 spiro atoms. The topological polar surface area (TPSA) is 37.6 Å². The van der Waals surface area contributed by atoms with Gasteiger partial charge in [0.05, 0.1) is 34.2 Å². The molecule has 0 saturated carbocycles. The largest absolute Gasteiger partial charge is 3.00 e. The second-order valence-electron chi connectivity index (χ2n) is 7.43. The summed E-state index contributed by atoms with van der Waals surface area (Å²) in [6.07, 6.45) is 0. The van der Waals surface area contributed by atoms with E-state index in [1.807, 2.05) is 38.1 Å². The smallest absolute Gasteiger partial charge is 1.00 e. The van der Waals surface area contributed by atoms with Crippen LogP contribution in [0.3, 0.4) is 0 Å². The van der Waals surface area contributed by atoms with Crippen molar-refractivity contribution in [1.82, 2.24) is 4.98 Å². The van der Waals surface area contributed by atoms with Crippen molar-refractivity contribution >= 4 is 34.4 Å². The van der Waals surface area contributed by atoms with Crippen LogP contribution in [-0.4, -0.2) is 16.4 Å². The third kappa shape index (κ3) is 8.39. The van der Waals surface area contributed by atoms with E-state index in [1.54, 1.807) is 0 Å². The Morgan fingerprint density at radius 2 is 0.970 bits per heavy atom. The Bertz CT molecular complexity index is 1020. The van der Waals surface area contributed by atoms with Gasteiger partial charge in [0.1, 0.15) is 0 Å². The summed E-state index contributed by atoms with van der Waals surface area (Å²) < 4.78 is 0. The van der Waals surface area contributed by atoms with Gasteiger partial charge in [-0.2, -0.15) is 0 Å². The second kappa shape index (κ2) is 14.8. The van der Waals surface area contributed by atoms with Gasteiger partial charge in [-0.25, -0.2) is 4.98 Å². The first-order valence-corrected chi connectivity index (χ1v) is 10.1. The van der Waals surface area contributed by atoms with Crippen molar-refractivity contribution in [3.63, 3.8) is 0 Å². The molecule has 3 aromatic rings. The Hall–Kier alpha value is -1.40. The van der Waals surface area contributed by atoms with Gasteiger partial charge < -0.3 is 37.2 Å². The quantitative estimate of drug-likeness (QED) is 0.344. The molecule has 0 radical (unpaired) electrons. The van der Waals surface area contributed by atoms with Gasteiger partial charge in [0.15, 0.2) is 0 Å². The molecule has 33 heavy (non-hydrogen) atoms. The number of aliphatic imine (C=N–C) groups is 2. The predicted molar refractivity (Wildman–Crippen MR) is 125 cm³/mol. The molecule has 0 aliphatic carbocycles. The molecule has 8 heteroatoms. The molecule has 3 nitrogen and oxygen atoms in total. The van der Waals surface area contributed by atoms with Crippen LogP contribution in [0.1, 0.15) is 47.5 Å². The van der Waals surface area contributed by atoms with E-state index in [0.29, 0.717) is 5.02 Å². The van der Waals surface area contributed by atoms with E-state index in [-0.39, 0.29) is 54.0 Å². The fourth-order valence-electron chi connectivity index (χ4n) is 3.28. The first kappa shape index (κ1) is 33.8. The summed E-state index contributed by atoms with van der Waals surface area (Å²) >= 11 is 6.42. The molecule has 0 N–H and O–H groups in total. The van der Waals surface area contributed by atoms with E-state index >= 15 is 0 Å². The molecule has 2 aromatic carbocycles. The molecule has 0 fully saturated rings. The summed E-state index contributed by atoms with van der Waals surface area (Å²) in [7, 11) is 0. The number of halogens is 4. The van der Waals surface area contributed by atoms with Crippen LogP contribution < -0.4 is 37.2 Å². The van der Waals surface area contributed by atoms with Crippen molar-refractivity contribution in [3.8, 4) is 0 Å². The third-order valence-corrected chi connectivity index (χ3v) is 5.19. The molecule has 0 unspecified atom stereocenters. The van der Waals surface area contributed by atoms with Crippen LogP contribution in [0.5, 0.6) is 0 Å². The zero-order valence-electron chi connectivity index (χ0n) is 19.3. The summed E-state index contributed by atoms with van der Waals surface area (Å²) in [5.74, 6) is 0. The Kier molecular flexibility index (Phi) is 15.1. The molecule has 0 aliphatic rings. The monoisotopic (exact) mass is 567 g/mol. The summed E-state index contributed by atoms with van der Waals surface area (Å²) in [5, 5.41) is 0.622. The van der Waals surface area contributed by atoms with Gasteiger partial charge in [0.25, 0.3) is 0 Å². The van der Waals surface area contributed by atoms with Gasteiger partial charge in [0.2, 0.25) is 0 Å². The number of para-hydroxylation sites is 2. The van der Waals surface area contributed by atoms with Crippen molar-refractivity contribution in [2.24, 2.45) is 9.98 Å².